The second kappa shape index (κ2) is 22.2. The SMILES string of the molecule is COc1ccc(NS(=O)(=O)c2ccc(N)cc2)nn1.COc1cccc2c1C(=O)c1c(O)c3c(c(O)c1C2=O)C[C@@](O)(C(C)=O)C[C@@H]3O[C@H]1C[C@H](N)[C@H](O)[C@H](C)O1.O=C(O)CCCC[C@@H]1SC[C@@H]2NC(=O)N[C@@H]21. The number of methoxy groups -OCH3 is 2. The first-order valence-corrected chi connectivity index (χ1v) is 25.6. The number of fused-ring (bicyclic) bond motifs is 4. The number of anilines is 2. The Bertz CT molecular complexity index is 2860. The number of carbonyl (C=O) groups excluding carboxylic acids is 4. The van der Waals surface area contributed by atoms with E-state index >= 15 is 0 Å². The molecule has 1 aromatic heterocycles. The highest BCUT2D eigenvalue weighted by atomic mass is 32.2. The van der Waals surface area contributed by atoms with Crippen LogP contribution in [-0.4, -0.2) is 141 Å². The number of aliphatic hydroxyl groups is 2. The van der Waals surface area contributed by atoms with E-state index in [1.54, 1.807) is 6.92 Å². The number of sulfonamides is 1. The fraction of sp³-hybridized carbons (Fsp3) is 0.438. The van der Waals surface area contributed by atoms with Gasteiger partial charge in [0.15, 0.2) is 23.7 Å². The van der Waals surface area contributed by atoms with Gasteiger partial charge in [0.25, 0.3) is 10.0 Å². The summed E-state index contributed by atoms with van der Waals surface area (Å²) >= 11 is 1.87. The summed E-state index contributed by atoms with van der Waals surface area (Å²) < 4.78 is 48.2. The van der Waals surface area contributed by atoms with Crippen LogP contribution in [0.25, 0.3) is 0 Å². The van der Waals surface area contributed by atoms with Crippen LogP contribution in [0.15, 0.2) is 59.5 Å². The monoisotopic (exact) mass is 1050 g/mol. The molecule has 3 saturated heterocycles. The average Bonchev–Trinajstić information content (AvgIpc) is 3.91. The van der Waals surface area contributed by atoms with Gasteiger partial charge in [-0.2, -0.15) is 11.8 Å². The van der Waals surface area contributed by atoms with Gasteiger partial charge in [-0.1, -0.05) is 18.6 Å². The number of carboxylic acids is 1. The Morgan fingerprint density at radius 3 is 2.30 bits per heavy atom. The lowest BCUT2D eigenvalue weighted by atomic mass is 9.72. The molecule has 0 spiro atoms. The van der Waals surface area contributed by atoms with Crippen LogP contribution in [0.1, 0.15) is 101 Å². The predicted octanol–water partition coefficient (Wildman–Crippen LogP) is 2.69. The summed E-state index contributed by atoms with van der Waals surface area (Å²) in [7, 11) is -0.912. The Balaban J connectivity index is 0.000000185. The van der Waals surface area contributed by atoms with Crippen LogP contribution in [0.4, 0.5) is 16.3 Å². The van der Waals surface area contributed by atoms with E-state index in [1.807, 2.05) is 11.8 Å². The van der Waals surface area contributed by atoms with Crippen LogP contribution in [0.3, 0.4) is 0 Å². The quantitative estimate of drug-likeness (QED) is 0.0351. The van der Waals surface area contributed by atoms with E-state index in [2.05, 4.69) is 25.6 Å². The lowest BCUT2D eigenvalue weighted by Gasteiger charge is -2.42. The number of carboxylic acid groups (broad SMARTS) is 1. The van der Waals surface area contributed by atoms with Crippen molar-refractivity contribution in [3.63, 3.8) is 0 Å². The van der Waals surface area contributed by atoms with Gasteiger partial charge in [0, 0.05) is 71.2 Å². The number of nitrogens with zero attached hydrogens (tertiary/aromatic N) is 2. The van der Waals surface area contributed by atoms with Crippen molar-refractivity contribution in [3.05, 3.63) is 88.0 Å². The largest absolute Gasteiger partial charge is 0.507 e. The summed E-state index contributed by atoms with van der Waals surface area (Å²) in [6.45, 7) is 2.79. The molecule has 0 saturated carbocycles. The van der Waals surface area contributed by atoms with Crippen molar-refractivity contribution in [1.29, 1.82) is 0 Å². The molecule has 0 unspecified atom stereocenters. The Kier molecular flexibility index (Phi) is 16.5. The maximum absolute atomic E-state index is 13.6. The molecule has 3 fully saturated rings. The number of ketones is 3. The fourth-order valence-electron chi connectivity index (χ4n) is 9.25. The molecule has 9 atom stereocenters. The number of phenolic OH excluding ortho intramolecular Hbond substituents is 2. The summed E-state index contributed by atoms with van der Waals surface area (Å²) in [6.07, 6.45) is -1.65. The molecule has 0 bridgehead atoms. The number of thioether (sulfide) groups is 1. The molecule has 3 aliphatic heterocycles. The number of benzene rings is 3. The minimum Gasteiger partial charge on any atom is -0.507 e. The Hall–Kier alpha value is -6.61. The van der Waals surface area contributed by atoms with Crippen molar-refractivity contribution < 1.29 is 76.9 Å². The standard InChI is InChI=1S/C27H29NO10.C11H12N4O3S.C10H16N2O3S/c1-10-22(30)14(28)7-17(37-10)38-16-9-27(35,11(2)29)8-13-19(16)26(34)21-20(24(13)32)23(31)12-5-4-6-15(36-3)18(12)25(21)33;1-18-11-7-6-10(13-14-11)15-19(16,17)9-4-2-8(12)3-5-9;13-8(14)4-2-1-3-7-9-6(5-16-7)11-10(15)12-9/h4-6,10,14,16-17,22,30,32,34-35H,7-9,28H2,1-3H3;2-7H,12H2,1H3,(H,13,15);6-7,9H,1-5H2,(H,13,14)(H2,11,12,15)/t10-,14-,16-,17-,22+,27-;;6-,7-,9-/m0.0/s1. The molecule has 2 aliphatic carbocycles. The number of aromatic nitrogens is 2. The number of Topliss-reactive ketones (excluding diaryl/α,β-unsaturated/α-hetero) is 1. The number of carbonyl (C=O) groups is 5. The normalized spacial score (nSPS) is 25.7. The highest BCUT2D eigenvalue weighted by molar-refractivity contribution is 8.00. The molecule has 9 rings (SSSR count). The Morgan fingerprint density at radius 2 is 1.67 bits per heavy atom. The van der Waals surface area contributed by atoms with E-state index in [0.29, 0.717) is 16.8 Å². The van der Waals surface area contributed by atoms with Gasteiger partial charge in [0.05, 0.1) is 66.2 Å². The van der Waals surface area contributed by atoms with Crippen LogP contribution in [-0.2, 0) is 35.5 Å². The molecule has 25 heteroatoms. The zero-order valence-electron chi connectivity index (χ0n) is 40.1. The number of hydrogen-bond acceptors (Lipinski definition) is 20. The second-order valence-corrected chi connectivity index (χ2v) is 21.0. The molecule has 12 N–H and O–H groups in total. The molecule has 2 amide bonds. The number of ether oxygens (including phenoxy) is 4. The van der Waals surface area contributed by atoms with Crippen LogP contribution < -0.4 is 36.3 Å². The number of unbranched alkanes of at least 4 members (excludes halogenated alkanes) is 1. The number of aliphatic carboxylic acids is 1. The Labute approximate surface area is 423 Å². The van der Waals surface area contributed by atoms with E-state index in [4.69, 9.17) is 35.5 Å². The smallest absolute Gasteiger partial charge is 0.315 e. The van der Waals surface area contributed by atoms with Gasteiger partial charge >= 0.3 is 12.0 Å². The molecule has 5 aliphatic rings. The topological polar surface area (TPSA) is 371 Å². The predicted molar refractivity (Wildman–Crippen MR) is 262 cm³/mol. The number of aliphatic hydroxyl groups excluding tert-OH is 1. The third kappa shape index (κ3) is 11.6. The molecule has 73 heavy (non-hydrogen) atoms. The second-order valence-electron chi connectivity index (χ2n) is 18.0. The van der Waals surface area contributed by atoms with E-state index in [9.17, 15) is 52.8 Å². The van der Waals surface area contributed by atoms with E-state index in [1.165, 1.54) is 75.7 Å². The minimum absolute atomic E-state index is 0.0147. The van der Waals surface area contributed by atoms with Crippen LogP contribution in [0.2, 0.25) is 0 Å². The molecule has 23 nitrogen and oxygen atoms in total. The van der Waals surface area contributed by atoms with E-state index in [-0.39, 0.29) is 76.1 Å². The van der Waals surface area contributed by atoms with Gasteiger partial charge < -0.3 is 66.6 Å². The van der Waals surface area contributed by atoms with Gasteiger partial charge in [-0.05, 0) is 63.1 Å². The van der Waals surface area contributed by atoms with Crippen molar-refractivity contribution in [2.75, 3.05) is 30.4 Å². The zero-order chi connectivity index (χ0) is 53.1. The third-order valence-electron chi connectivity index (χ3n) is 13.1. The number of nitrogen functional groups attached to an aromatic ring is 1. The lowest BCUT2D eigenvalue weighted by Crippen LogP contribution is -2.52. The van der Waals surface area contributed by atoms with E-state index < -0.39 is 98.6 Å². The van der Waals surface area contributed by atoms with Crippen LogP contribution in [0.5, 0.6) is 23.1 Å². The number of aromatic hydroxyl groups is 2. The number of nitrogens with one attached hydrogen (secondary N) is 3. The molecule has 3 aromatic carbocycles. The highest BCUT2D eigenvalue weighted by Crippen LogP contribution is 2.52. The lowest BCUT2D eigenvalue weighted by molar-refractivity contribution is -0.247. The molecule has 0 radical (unpaired) electrons. The first-order chi connectivity index (χ1) is 34.6. The van der Waals surface area contributed by atoms with Crippen LogP contribution >= 0.6 is 11.8 Å². The first-order valence-electron chi connectivity index (χ1n) is 23.1. The molecular formula is C48H57N7O16S2. The maximum atomic E-state index is 13.6. The minimum atomic E-state index is -3.70. The van der Waals surface area contributed by atoms with Crippen LogP contribution in [0, 0.1) is 0 Å². The Morgan fingerprint density at radius 1 is 0.959 bits per heavy atom. The van der Waals surface area contributed by atoms with Gasteiger partial charge in [-0.25, -0.2) is 13.2 Å². The third-order valence-corrected chi connectivity index (χ3v) is 16.0. The van der Waals surface area contributed by atoms with Crippen molar-refractivity contribution >= 4 is 62.6 Å². The van der Waals surface area contributed by atoms with Gasteiger partial charge in [0.1, 0.15) is 22.8 Å². The number of urea groups is 1. The van der Waals surface area contributed by atoms with E-state index in [0.717, 1.165) is 25.0 Å². The number of nitrogens with two attached hydrogens (primary N) is 2. The molecule has 4 aromatic rings. The summed E-state index contributed by atoms with van der Waals surface area (Å²) in [5, 5.41) is 66.3. The first kappa shape index (κ1) is 54.2. The molecular weight excluding hydrogens is 995 g/mol. The highest BCUT2D eigenvalue weighted by Gasteiger charge is 2.50. The fourth-order valence-corrected chi connectivity index (χ4v) is 11.8. The van der Waals surface area contributed by atoms with Gasteiger partial charge in [-0.3, -0.25) is 23.9 Å². The number of rotatable bonds is 13. The van der Waals surface area contributed by atoms with Crippen molar-refractivity contribution in [1.82, 2.24) is 20.8 Å². The molecule has 392 valence electrons. The summed E-state index contributed by atoms with van der Waals surface area (Å²) in [5.41, 5.74) is 8.96. The van der Waals surface area contributed by atoms with Gasteiger partial charge in [0.2, 0.25) is 11.7 Å². The van der Waals surface area contributed by atoms with Crippen molar-refractivity contribution in [2.45, 2.75) is 117 Å². The average molecular weight is 1050 g/mol. The summed E-state index contributed by atoms with van der Waals surface area (Å²) in [5.74, 6) is -2.53. The van der Waals surface area contributed by atoms with Gasteiger partial charge in [-0.15, -0.1) is 10.2 Å². The van der Waals surface area contributed by atoms with Crippen molar-refractivity contribution in [2.24, 2.45) is 5.73 Å². The maximum Gasteiger partial charge on any atom is 0.315 e. The zero-order valence-corrected chi connectivity index (χ0v) is 41.7. The molecule has 4 heterocycles. The number of phenols is 2. The summed E-state index contributed by atoms with van der Waals surface area (Å²) in [6, 6.07) is 13.0. The number of hydrogen-bond donors (Lipinski definition) is 10. The summed E-state index contributed by atoms with van der Waals surface area (Å²) in [4.78, 5) is 61.1. The number of amides is 2. The van der Waals surface area contributed by atoms with Crippen molar-refractivity contribution in [3.8, 4) is 23.1 Å².